The molecule has 1 saturated heterocycles. The number of nitrogens with zero attached hydrogens (tertiary/aromatic N) is 1. The molecule has 3 rings (SSSR count). The van der Waals surface area contributed by atoms with E-state index in [2.05, 4.69) is 4.90 Å². The van der Waals surface area contributed by atoms with E-state index in [-0.39, 0.29) is 5.82 Å². The molecule has 1 aromatic rings. The summed E-state index contributed by atoms with van der Waals surface area (Å²) in [7, 11) is 0. The molecule has 2 aliphatic rings. The molecule has 2 atom stereocenters. The number of hydrogen-bond donors (Lipinski definition) is 1. The second kappa shape index (κ2) is 5.47. The lowest BCUT2D eigenvalue weighted by Crippen LogP contribution is -2.31. The first kappa shape index (κ1) is 12.9. The maximum atomic E-state index is 12.7. The fourth-order valence-corrected chi connectivity index (χ4v) is 2.97. The average molecular weight is 264 g/mol. The number of likely N-dealkylation sites (tertiary alicyclic amines) is 1. The van der Waals surface area contributed by atoms with Crippen LogP contribution in [0.3, 0.4) is 0 Å². The highest BCUT2D eigenvalue weighted by Crippen LogP contribution is 2.40. The molecule has 0 amide bonds. The smallest absolute Gasteiger partial charge is 0.123 e. The predicted molar refractivity (Wildman–Crippen MR) is 72.5 cm³/mol. The lowest BCUT2D eigenvalue weighted by atomic mass is 9.99. The predicted octanol–water partition coefficient (Wildman–Crippen LogP) is 1.87. The van der Waals surface area contributed by atoms with Crippen molar-refractivity contribution in [2.24, 2.45) is 17.6 Å². The number of hydrogen-bond acceptors (Lipinski definition) is 3. The zero-order valence-corrected chi connectivity index (χ0v) is 11.1. The van der Waals surface area contributed by atoms with Crippen molar-refractivity contribution in [1.29, 1.82) is 0 Å². The molecule has 3 nitrogen and oxygen atoms in total. The monoisotopic (exact) mass is 264 g/mol. The molecular formula is C15H21FN2O. The Morgan fingerprint density at radius 2 is 1.95 bits per heavy atom. The highest BCUT2D eigenvalue weighted by molar-refractivity contribution is 5.21. The Kier molecular flexibility index (Phi) is 3.71. The molecule has 1 saturated carbocycles. The van der Waals surface area contributed by atoms with Crippen molar-refractivity contribution in [3.63, 3.8) is 0 Å². The standard InChI is InChI=1S/C15H21FN2O/c16-12-3-5-13(6-4-12)19-8-7-18-9-14(11-1-2-11)15(17)10-18/h3-6,11,14-15H,1-2,7-10,17H2/t14-,15+/m1/s1. The second-order valence-electron chi connectivity index (χ2n) is 5.73. The highest BCUT2D eigenvalue weighted by atomic mass is 19.1. The largest absolute Gasteiger partial charge is 0.492 e. The van der Waals surface area contributed by atoms with E-state index in [9.17, 15) is 4.39 Å². The van der Waals surface area contributed by atoms with E-state index in [0.29, 0.717) is 18.6 Å². The number of halogens is 1. The van der Waals surface area contributed by atoms with Gasteiger partial charge in [0.25, 0.3) is 0 Å². The Hall–Kier alpha value is -1.13. The third-order valence-electron chi connectivity index (χ3n) is 4.21. The van der Waals surface area contributed by atoms with Gasteiger partial charge in [0.15, 0.2) is 0 Å². The van der Waals surface area contributed by atoms with Crippen LogP contribution in [0.4, 0.5) is 4.39 Å². The first-order chi connectivity index (χ1) is 9.22. The van der Waals surface area contributed by atoms with E-state index in [0.717, 1.165) is 31.3 Å². The molecule has 104 valence electrons. The van der Waals surface area contributed by atoms with Crippen molar-refractivity contribution in [2.75, 3.05) is 26.2 Å². The average Bonchev–Trinajstić information content (AvgIpc) is 3.17. The second-order valence-corrected chi connectivity index (χ2v) is 5.73. The number of nitrogens with two attached hydrogens (primary N) is 1. The van der Waals surface area contributed by atoms with Gasteiger partial charge in [0, 0.05) is 25.7 Å². The maximum Gasteiger partial charge on any atom is 0.123 e. The maximum absolute atomic E-state index is 12.7. The Morgan fingerprint density at radius 1 is 1.21 bits per heavy atom. The summed E-state index contributed by atoms with van der Waals surface area (Å²) in [5.74, 6) is 2.05. The molecule has 2 fully saturated rings. The van der Waals surface area contributed by atoms with Gasteiger partial charge in [-0.25, -0.2) is 4.39 Å². The van der Waals surface area contributed by atoms with E-state index in [4.69, 9.17) is 10.5 Å². The fourth-order valence-electron chi connectivity index (χ4n) is 2.97. The van der Waals surface area contributed by atoms with Crippen molar-refractivity contribution in [2.45, 2.75) is 18.9 Å². The van der Waals surface area contributed by atoms with E-state index in [1.165, 1.54) is 25.0 Å². The van der Waals surface area contributed by atoms with Gasteiger partial charge in [0.1, 0.15) is 18.2 Å². The normalized spacial score (nSPS) is 27.7. The van der Waals surface area contributed by atoms with Crippen LogP contribution in [0, 0.1) is 17.7 Å². The summed E-state index contributed by atoms with van der Waals surface area (Å²) in [6.45, 7) is 3.62. The molecule has 2 N–H and O–H groups in total. The summed E-state index contributed by atoms with van der Waals surface area (Å²) in [6.07, 6.45) is 2.72. The van der Waals surface area contributed by atoms with Crippen molar-refractivity contribution in [1.82, 2.24) is 4.90 Å². The van der Waals surface area contributed by atoms with E-state index in [1.54, 1.807) is 12.1 Å². The Labute approximate surface area is 113 Å². The molecule has 0 bridgehead atoms. The molecule has 0 unspecified atom stereocenters. The van der Waals surface area contributed by atoms with Gasteiger partial charge in [-0.3, -0.25) is 4.90 Å². The lowest BCUT2D eigenvalue weighted by Gasteiger charge is -2.16. The minimum absolute atomic E-state index is 0.231. The van der Waals surface area contributed by atoms with Crippen LogP contribution >= 0.6 is 0 Å². The molecule has 0 spiro atoms. The Bertz CT molecular complexity index is 419. The van der Waals surface area contributed by atoms with Crippen LogP contribution in [-0.4, -0.2) is 37.2 Å². The first-order valence-electron chi connectivity index (χ1n) is 7.08. The summed E-state index contributed by atoms with van der Waals surface area (Å²) < 4.78 is 18.4. The van der Waals surface area contributed by atoms with Gasteiger partial charge in [-0.2, -0.15) is 0 Å². The van der Waals surface area contributed by atoms with Crippen molar-refractivity contribution in [3.05, 3.63) is 30.1 Å². The molecule has 0 radical (unpaired) electrons. The third kappa shape index (κ3) is 3.25. The van der Waals surface area contributed by atoms with Crippen molar-refractivity contribution in [3.8, 4) is 5.75 Å². The molecule has 4 heteroatoms. The van der Waals surface area contributed by atoms with Crippen LogP contribution in [-0.2, 0) is 0 Å². The van der Waals surface area contributed by atoms with Crippen molar-refractivity contribution < 1.29 is 9.13 Å². The quantitative estimate of drug-likeness (QED) is 0.882. The minimum Gasteiger partial charge on any atom is -0.492 e. The zero-order chi connectivity index (χ0) is 13.2. The third-order valence-corrected chi connectivity index (χ3v) is 4.21. The molecule has 0 aromatic heterocycles. The van der Waals surface area contributed by atoms with Crippen LogP contribution in [0.15, 0.2) is 24.3 Å². The first-order valence-corrected chi connectivity index (χ1v) is 7.08. The molecular weight excluding hydrogens is 243 g/mol. The van der Waals surface area contributed by atoms with Crippen LogP contribution in [0.5, 0.6) is 5.75 Å². The van der Waals surface area contributed by atoms with Crippen LogP contribution in [0.1, 0.15) is 12.8 Å². The van der Waals surface area contributed by atoms with Gasteiger partial charge >= 0.3 is 0 Å². The topological polar surface area (TPSA) is 38.5 Å². The van der Waals surface area contributed by atoms with Gasteiger partial charge < -0.3 is 10.5 Å². The summed E-state index contributed by atoms with van der Waals surface area (Å²) in [6, 6.07) is 6.50. The summed E-state index contributed by atoms with van der Waals surface area (Å²) in [5.41, 5.74) is 6.19. The zero-order valence-electron chi connectivity index (χ0n) is 11.1. The van der Waals surface area contributed by atoms with Crippen molar-refractivity contribution >= 4 is 0 Å². The minimum atomic E-state index is -0.231. The molecule has 1 aromatic carbocycles. The fraction of sp³-hybridized carbons (Fsp3) is 0.600. The van der Waals surface area contributed by atoms with Gasteiger partial charge in [-0.15, -0.1) is 0 Å². The van der Waals surface area contributed by atoms with E-state index >= 15 is 0 Å². The van der Waals surface area contributed by atoms with Gasteiger partial charge in [-0.05, 0) is 48.9 Å². The highest BCUT2D eigenvalue weighted by Gasteiger charge is 2.40. The Balaban J connectivity index is 1.42. The lowest BCUT2D eigenvalue weighted by molar-refractivity contribution is 0.230. The summed E-state index contributed by atoms with van der Waals surface area (Å²) in [4.78, 5) is 2.39. The SMILES string of the molecule is N[C@H]1CN(CCOc2ccc(F)cc2)C[C@@H]1C1CC1. The molecule has 19 heavy (non-hydrogen) atoms. The molecule has 1 aliphatic carbocycles. The van der Waals surface area contributed by atoms with Gasteiger partial charge in [0.05, 0.1) is 0 Å². The number of benzene rings is 1. The number of rotatable bonds is 5. The van der Waals surface area contributed by atoms with Gasteiger partial charge in [0.2, 0.25) is 0 Å². The summed E-state index contributed by atoms with van der Waals surface area (Å²) >= 11 is 0. The van der Waals surface area contributed by atoms with Crippen LogP contribution in [0.2, 0.25) is 0 Å². The van der Waals surface area contributed by atoms with E-state index < -0.39 is 0 Å². The van der Waals surface area contributed by atoms with Gasteiger partial charge in [-0.1, -0.05) is 0 Å². The molecule has 1 aliphatic heterocycles. The van der Waals surface area contributed by atoms with Crippen LogP contribution < -0.4 is 10.5 Å². The Morgan fingerprint density at radius 3 is 2.63 bits per heavy atom. The van der Waals surface area contributed by atoms with E-state index in [1.807, 2.05) is 0 Å². The summed E-state index contributed by atoms with van der Waals surface area (Å²) in [5, 5.41) is 0. The molecule has 1 heterocycles. The van der Waals surface area contributed by atoms with Crippen LogP contribution in [0.25, 0.3) is 0 Å². The number of ether oxygens (including phenoxy) is 1.